The minimum absolute atomic E-state index is 0.0445. The van der Waals surface area contributed by atoms with Crippen LogP contribution in [0.2, 0.25) is 0 Å². The molecule has 3 aliphatic carbocycles. The Kier molecular flexibility index (Phi) is 5.14. The molecule has 0 aromatic carbocycles. The maximum atomic E-state index is 12.0. The van der Waals surface area contributed by atoms with Gasteiger partial charge in [-0.05, 0) is 85.9 Å². The summed E-state index contributed by atoms with van der Waals surface area (Å²) in [5, 5.41) is 0. The van der Waals surface area contributed by atoms with Crippen LogP contribution in [0.15, 0.2) is 0 Å². The van der Waals surface area contributed by atoms with Gasteiger partial charge in [0.2, 0.25) is 0 Å². The predicted molar refractivity (Wildman–Crippen MR) is 103 cm³/mol. The predicted octanol–water partition coefficient (Wildman–Crippen LogP) is 5.37. The van der Waals surface area contributed by atoms with Crippen molar-refractivity contribution in [3.63, 3.8) is 0 Å². The third kappa shape index (κ3) is 2.93. The van der Waals surface area contributed by atoms with Crippen LogP contribution in [0.5, 0.6) is 0 Å². The largest absolute Gasteiger partial charge is 0.466 e. The molecule has 0 aromatic rings. The van der Waals surface area contributed by atoms with Crippen molar-refractivity contribution in [3.05, 3.63) is 0 Å². The van der Waals surface area contributed by atoms with E-state index in [4.69, 9.17) is 9.47 Å². The van der Waals surface area contributed by atoms with Gasteiger partial charge in [0.25, 0.3) is 0 Å². The highest BCUT2D eigenvalue weighted by Crippen LogP contribution is 2.65. The molecular formula is C23H38O3. The molecule has 7 atom stereocenters. The Bertz CT molecular complexity index is 532. The van der Waals surface area contributed by atoms with Crippen LogP contribution in [0, 0.1) is 34.5 Å². The highest BCUT2D eigenvalue weighted by Gasteiger charge is 2.60. The van der Waals surface area contributed by atoms with E-state index in [9.17, 15) is 4.79 Å². The number of esters is 1. The van der Waals surface area contributed by atoms with Gasteiger partial charge in [0, 0.05) is 13.0 Å². The standard InChI is InChI=1S/C23H38O3/c1-4-5-13-25-20-9-8-18-17-7-6-16-15-21(24)26-14-12-22(16,2)19(17)10-11-23(18,20)3/h16-20H,4-15H2,1-3H3/t16-,17-,18-,19-,20-,22-,23-/m0/s1. The summed E-state index contributed by atoms with van der Waals surface area (Å²) in [5.41, 5.74) is 0.687. The zero-order valence-electron chi connectivity index (χ0n) is 17.1. The Hall–Kier alpha value is -0.570. The zero-order valence-corrected chi connectivity index (χ0v) is 17.1. The average molecular weight is 363 g/mol. The third-order valence-electron chi connectivity index (χ3n) is 9.11. The van der Waals surface area contributed by atoms with Gasteiger partial charge in [-0.25, -0.2) is 0 Å². The molecule has 0 amide bonds. The van der Waals surface area contributed by atoms with Crippen molar-refractivity contribution in [3.8, 4) is 0 Å². The van der Waals surface area contributed by atoms with Gasteiger partial charge >= 0.3 is 5.97 Å². The van der Waals surface area contributed by atoms with Crippen molar-refractivity contribution >= 4 is 5.97 Å². The lowest BCUT2D eigenvalue weighted by molar-refractivity contribution is -0.144. The molecule has 4 rings (SSSR count). The van der Waals surface area contributed by atoms with Gasteiger partial charge in [-0.15, -0.1) is 0 Å². The molecule has 1 aliphatic heterocycles. The minimum Gasteiger partial charge on any atom is -0.466 e. The van der Waals surface area contributed by atoms with Crippen LogP contribution in [0.25, 0.3) is 0 Å². The fourth-order valence-corrected chi connectivity index (χ4v) is 7.50. The molecule has 3 saturated carbocycles. The van der Waals surface area contributed by atoms with E-state index < -0.39 is 0 Å². The second-order valence-corrected chi connectivity index (χ2v) is 10.2. The van der Waals surface area contributed by atoms with E-state index in [2.05, 4.69) is 20.8 Å². The molecule has 1 saturated heterocycles. The molecule has 148 valence electrons. The monoisotopic (exact) mass is 362 g/mol. The molecular weight excluding hydrogens is 324 g/mol. The Morgan fingerprint density at radius 2 is 1.85 bits per heavy atom. The number of hydrogen-bond acceptors (Lipinski definition) is 3. The van der Waals surface area contributed by atoms with Crippen LogP contribution >= 0.6 is 0 Å². The van der Waals surface area contributed by atoms with Crippen molar-refractivity contribution in [1.82, 2.24) is 0 Å². The number of rotatable bonds is 4. The second-order valence-electron chi connectivity index (χ2n) is 10.2. The Labute approximate surface area is 159 Å². The zero-order chi connectivity index (χ0) is 18.4. The number of carbonyl (C=O) groups is 1. The molecule has 4 aliphatic rings. The minimum atomic E-state index is 0.0445. The van der Waals surface area contributed by atoms with E-state index in [-0.39, 0.29) is 5.97 Å². The van der Waals surface area contributed by atoms with Crippen molar-refractivity contribution in [2.24, 2.45) is 34.5 Å². The molecule has 0 unspecified atom stereocenters. The fourth-order valence-electron chi connectivity index (χ4n) is 7.50. The summed E-state index contributed by atoms with van der Waals surface area (Å²) in [7, 11) is 0. The molecule has 0 radical (unpaired) electrons. The average Bonchev–Trinajstić information content (AvgIpc) is 2.85. The molecule has 4 fully saturated rings. The van der Waals surface area contributed by atoms with Gasteiger partial charge in [-0.1, -0.05) is 27.2 Å². The van der Waals surface area contributed by atoms with Crippen LogP contribution in [-0.2, 0) is 14.3 Å². The molecule has 3 nitrogen and oxygen atoms in total. The van der Waals surface area contributed by atoms with Crippen LogP contribution in [-0.4, -0.2) is 25.3 Å². The highest BCUT2D eigenvalue weighted by molar-refractivity contribution is 5.70. The highest BCUT2D eigenvalue weighted by atomic mass is 16.5. The summed E-state index contributed by atoms with van der Waals surface area (Å²) < 4.78 is 11.9. The van der Waals surface area contributed by atoms with Crippen molar-refractivity contribution < 1.29 is 14.3 Å². The van der Waals surface area contributed by atoms with Crippen molar-refractivity contribution in [1.29, 1.82) is 0 Å². The van der Waals surface area contributed by atoms with Crippen molar-refractivity contribution in [2.75, 3.05) is 13.2 Å². The van der Waals surface area contributed by atoms with Crippen LogP contribution in [0.3, 0.4) is 0 Å². The summed E-state index contributed by atoms with van der Waals surface area (Å²) in [6.45, 7) is 8.85. The van der Waals surface area contributed by atoms with Crippen molar-refractivity contribution in [2.45, 2.75) is 91.1 Å². The molecule has 26 heavy (non-hydrogen) atoms. The first-order valence-electron chi connectivity index (χ1n) is 11.3. The van der Waals surface area contributed by atoms with Gasteiger partial charge < -0.3 is 9.47 Å². The van der Waals surface area contributed by atoms with Gasteiger partial charge in [0.15, 0.2) is 0 Å². The number of hydrogen-bond donors (Lipinski definition) is 0. The molecule has 1 heterocycles. The summed E-state index contributed by atoms with van der Waals surface area (Å²) in [6.07, 6.45) is 12.4. The number of unbranched alkanes of at least 4 members (excludes halogenated alkanes) is 1. The summed E-state index contributed by atoms with van der Waals surface area (Å²) in [4.78, 5) is 12.0. The van der Waals surface area contributed by atoms with Gasteiger partial charge in [0.1, 0.15) is 0 Å². The SMILES string of the molecule is CCCCO[C@H]1CC[C@H]2[C@@H]3CC[C@H]4CC(=O)OCC[C@]4(C)[C@H]3CC[C@]12C. The van der Waals surface area contributed by atoms with Crippen LogP contribution in [0.1, 0.15) is 85.0 Å². The first-order valence-corrected chi connectivity index (χ1v) is 11.3. The van der Waals surface area contributed by atoms with Crippen LogP contribution in [0.4, 0.5) is 0 Å². The topological polar surface area (TPSA) is 35.5 Å². The van der Waals surface area contributed by atoms with Gasteiger partial charge in [-0.2, -0.15) is 0 Å². The lowest BCUT2D eigenvalue weighted by atomic mass is 9.47. The van der Waals surface area contributed by atoms with E-state index in [1.807, 2.05) is 0 Å². The summed E-state index contributed by atoms with van der Waals surface area (Å²) in [5.74, 6) is 3.03. The quantitative estimate of drug-likeness (QED) is 0.498. The maximum Gasteiger partial charge on any atom is 0.306 e. The molecule has 0 bridgehead atoms. The van der Waals surface area contributed by atoms with E-state index >= 15 is 0 Å². The lowest BCUT2D eigenvalue weighted by Crippen LogP contribution is -2.52. The second kappa shape index (κ2) is 7.11. The van der Waals surface area contributed by atoms with Crippen LogP contribution < -0.4 is 0 Å². The first kappa shape index (κ1) is 18.8. The molecule has 0 spiro atoms. The Balaban J connectivity index is 1.52. The summed E-state index contributed by atoms with van der Waals surface area (Å²) in [6, 6.07) is 0. The molecule has 3 heteroatoms. The number of carbonyl (C=O) groups excluding carboxylic acids is 1. The fraction of sp³-hybridized carbons (Fsp3) is 0.957. The van der Waals surface area contributed by atoms with E-state index in [0.717, 1.165) is 30.8 Å². The number of fused-ring (bicyclic) bond motifs is 5. The Morgan fingerprint density at radius 3 is 2.65 bits per heavy atom. The first-order chi connectivity index (χ1) is 12.5. The molecule has 0 aromatic heterocycles. The Morgan fingerprint density at radius 1 is 1.04 bits per heavy atom. The normalized spacial score (nSPS) is 48.1. The van der Waals surface area contributed by atoms with E-state index in [0.29, 0.717) is 35.9 Å². The number of cyclic esters (lactones) is 1. The smallest absolute Gasteiger partial charge is 0.306 e. The maximum absolute atomic E-state index is 12.0. The third-order valence-corrected chi connectivity index (χ3v) is 9.11. The lowest BCUT2D eigenvalue weighted by Gasteiger charge is -2.58. The van der Waals surface area contributed by atoms with Gasteiger partial charge in [0.05, 0.1) is 12.7 Å². The molecule has 0 N–H and O–H groups in total. The number of ether oxygens (including phenoxy) is 2. The van der Waals surface area contributed by atoms with E-state index in [1.165, 1.54) is 51.4 Å². The van der Waals surface area contributed by atoms with Gasteiger partial charge in [-0.3, -0.25) is 4.79 Å². The summed E-state index contributed by atoms with van der Waals surface area (Å²) >= 11 is 0. The van der Waals surface area contributed by atoms with E-state index in [1.54, 1.807) is 0 Å².